The van der Waals surface area contributed by atoms with Crippen molar-refractivity contribution in [1.82, 2.24) is 9.62 Å². The quantitative estimate of drug-likeness (QED) is 0.668. The molecule has 0 bridgehead atoms. The van der Waals surface area contributed by atoms with Gasteiger partial charge < -0.3 is 18.8 Å². The third kappa shape index (κ3) is 4.92. The monoisotopic (exact) mass is 408 g/mol. The van der Waals surface area contributed by atoms with Gasteiger partial charge in [0.15, 0.2) is 0 Å². The lowest BCUT2D eigenvalue weighted by Gasteiger charge is -2.27. The maximum Gasteiger partial charge on any atom is 0.257 e. The summed E-state index contributed by atoms with van der Waals surface area (Å²) in [6.45, 7) is 2.11. The molecule has 1 N–H and O–H groups in total. The van der Waals surface area contributed by atoms with Crippen molar-refractivity contribution in [1.29, 1.82) is 0 Å². The van der Waals surface area contributed by atoms with Gasteiger partial charge in [-0.3, -0.25) is 4.79 Å². The SMILES string of the molecule is COc1ccc(S(=O)(=O)NCCCc2ccco2)cc1C(=O)N1CCOCC1. The first-order valence-corrected chi connectivity index (χ1v) is 10.6. The van der Waals surface area contributed by atoms with Crippen molar-refractivity contribution in [3.63, 3.8) is 0 Å². The Hall–Kier alpha value is -2.36. The van der Waals surface area contributed by atoms with Gasteiger partial charge in [0.05, 0.1) is 37.0 Å². The number of methoxy groups -OCH3 is 1. The molecule has 0 aliphatic carbocycles. The Balaban J connectivity index is 1.70. The van der Waals surface area contributed by atoms with Gasteiger partial charge in [-0.2, -0.15) is 0 Å². The van der Waals surface area contributed by atoms with Crippen LogP contribution in [0.15, 0.2) is 45.9 Å². The Bertz CT molecular complexity index is 889. The summed E-state index contributed by atoms with van der Waals surface area (Å²) in [4.78, 5) is 14.5. The number of nitrogens with zero attached hydrogens (tertiary/aromatic N) is 1. The molecule has 1 amide bonds. The van der Waals surface area contributed by atoms with Gasteiger partial charge in [-0.1, -0.05) is 0 Å². The molecule has 0 saturated carbocycles. The summed E-state index contributed by atoms with van der Waals surface area (Å²) < 4.78 is 43.6. The van der Waals surface area contributed by atoms with E-state index >= 15 is 0 Å². The summed E-state index contributed by atoms with van der Waals surface area (Å²) in [5.74, 6) is 0.880. The van der Waals surface area contributed by atoms with Crippen molar-refractivity contribution in [3.05, 3.63) is 47.9 Å². The smallest absolute Gasteiger partial charge is 0.257 e. The predicted molar refractivity (Wildman–Crippen MR) is 102 cm³/mol. The van der Waals surface area contributed by atoms with Crippen molar-refractivity contribution in [2.45, 2.75) is 17.7 Å². The van der Waals surface area contributed by atoms with Crippen molar-refractivity contribution < 1.29 is 27.1 Å². The summed E-state index contributed by atoms with van der Waals surface area (Å²) in [5.41, 5.74) is 0.225. The van der Waals surface area contributed by atoms with E-state index in [1.165, 1.54) is 25.3 Å². The molecule has 0 atom stereocenters. The number of furan rings is 1. The summed E-state index contributed by atoms with van der Waals surface area (Å²) in [7, 11) is -2.29. The number of benzene rings is 1. The summed E-state index contributed by atoms with van der Waals surface area (Å²) >= 11 is 0. The zero-order valence-electron chi connectivity index (χ0n) is 15.7. The second kappa shape index (κ2) is 9.22. The fourth-order valence-corrected chi connectivity index (χ4v) is 4.07. The van der Waals surface area contributed by atoms with Gasteiger partial charge in [-0.05, 0) is 36.8 Å². The van der Waals surface area contributed by atoms with Gasteiger partial charge in [-0.15, -0.1) is 0 Å². The van der Waals surface area contributed by atoms with Crippen LogP contribution >= 0.6 is 0 Å². The predicted octanol–water partition coefficient (Wildman–Crippen LogP) is 1.67. The fourth-order valence-electron chi connectivity index (χ4n) is 2.97. The standard InChI is InChI=1S/C19H24N2O6S/c1-25-18-7-6-16(14-17(18)19(22)21-9-12-26-13-10-21)28(23,24)20-8-2-4-15-5-3-11-27-15/h3,5-7,11,14,20H,2,4,8-10,12-13H2,1H3. The molecule has 1 saturated heterocycles. The van der Waals surface area contributed by atoms with E-state index in [-0.39, 0.29) is 22.9 Å². The van der Waals surface area contributed by atoms with Crippen molar-refractivity contribution in [3.8, 4) is 5.75 Å². The Morgan fingerprint density at radius 2 is 2.04 bits per heavy atom. The number of carbonyl (C=O) groups excluding carboxylic acids is 1. The van der Waals surface area contributed by atoms with Crippen LogP contribution in [0.25, 0.3) is 0 Å². The molecule has 2 aromatic rings. The minimum atomic E-state index is -3.74. The first-order chi connectivity index (χ1) is 13.5. The molecule has 2 heterocycles. The van der Waals surface area contributed by atoms with Gasteiger partial charge in [0.1, 0.15) is 11.5 Å². The van der Waals surface area contributed by atoms with Crippen LogP contribution < -0.4 is 9.46 Å². The third-order valence-corrected chi connectivity index (χ3v) is 5.94. The van der Waals surface area contributed by atoms with E-state index in [1.54, 1.807) is 17.2 Å². The molecule has 28 heavy (non-hydrogen) atoms. The number of amides is 1. The largest absolute Gasteiger partial charge is 0.496 e. The molecule has 1 fully saturated rings. The van der Waals surface area contributed by atoms with E-state index in [4.69, 9.17) is 13.9 Å². The number of sulfonamides is 1. The van der Waals surface area contributed by atoms with E-state index in [1.807, 2.05) is 6.07 Å². The number of hydrogen-bond donors (Lipinski definition) is 1. The Morgan fingerprint density at radius 3 is 2.71 bits per heavy atom. The molecule has 8 nitrogen and oxygen atoms in total. The van der Waals surface area contributed by atoms with E-state index < -0.39 is 10.0 Å². The van der Waals surface area contributed by atoms with Crippen LogP contribution in [0.3, 0.4) is 0 Å². The Morgan fingerprint density at radius 1 is 1.25 bits per heavy atom. The lowest BCUT2D eigenvalue weighted by atomic mass is 10.1. The maximum absolute atomic E-state index is 12.8. The second-order valence-electron chi connectivity index (χ2n) is 6.35. The minimum Gasteiger partial charge on any atom is -0.496 e. The van der Waals surface area contributed by atoms with Crippen molar-refractivity contribution in [2.24, 2.45) is 0 Å². The summed E-state index contributed by atoms with van der Waals surface area (Å²) in [6, 6.07) is 7.95. The molecule has 3 rings (SSSR count). The topological polar surface area (TPSA) is 98.1 Å². The van der Waals surface area contributed by atoms with Crippen LogP contribution in [0.4, 0.5) is 0 Å². The summed E-state index contributed by atoms with van der Waals surface area (Å²) in [5, 5.41) is 0. The zero-order valence-corrected chi connectivity index (χ0v) is 16.5. The highest BCUT2D eigenvalue weighted by atomic mass is 32.2. The maximum atomic E-state index is 12.8. The van der Waals surface area contributed by atoms with Gasteiger partial charge in [-0.25, -0.2) is 13.1 Å². The number of carbonyl (C=O) groups is 1. The number of morpholine rings is 1. The number of aryl methyl sites for hydroxylation is 1. The lowest BCUT2D eigenvalue weighted by molar-refractivity contribution is 0.0300. The van der Waals surface area contributed by atoms with Gasteiger partial charge >= 0.3 is 0 Å². The molecule has 1 aliphatic heterocycles. The molecule has 1 aliphatic rings. The van der Waals surface area contributed by atoms with E-state index in [2.05, 4.69) is 4.72 Å². The number of rotatable bonds is 8. The third-order valence-electron chi connectivity index (χ3n) is 4.48. The van der Waals surface area contributed by atoms with Crippen molar-refractivity contribution in [2.75, 3.05) is 40.0 Å². The average molecular weight is 408 g/mol. The second-order valence-corrected chi connectivity index (χ2v) is 8.11. The molecular formula is C19H24N2O6S. The van der Waals surface area contributed by atoms with E-state index in [9.17, 15) is 13.2 Å². The van der Waals surface area contributed by atoms with Crippen LogP contribution in [0, 0.1) is 0 Å². The van der Waals surface area contributed by atoms with Crippen LogP contribution in [0.1, 0.15) is 22.5 Å². The van der Waals surface area contributed by atoms with Crippen LogP contribution in [0.5, 0.6) is 5.75 Å². The highest BCUT2D eigenvalue weighted by Crippen LogP contribution is 2.24. The Kier molecular flexibility index (Phi) is 6.71. The minimum absolute atomic E-state index is 0.0305. The van der Waals surface area contributed by atoms with Crippen molar-refractivity contribution >= 4 is 15.9 Å². The highest BCUT2D eigenvalue weighted by molar-refractivity contribution is 7.89. The van der Waals surface area contributed by atoms with E-state index in [0.29, 0.717) is 44.9 Å². The molecule has 0 radical (unpaired) electrons. The lowest BCUT2D eigenvalue weighted by Crippen LogP contribution is -2.40. The number of hydrogen-bond acceptors (Lipinski definition) is 6. The highest BCUT2D eigenvalue weighted by Gasteiger charge is 2.24. The first-order valence-electron chi connectivity index (χ1n) is 9.08. The average Bonchev–Trinajstić information content (AvgIpc) is 3.24. The number of ether oxygens (including phenoxy) is 2. The molecule has 1 aromatic carbocycles. The van der Waals surface area contributed by atoms with Gasteiger partial charge in [0.25, 0.3) is 5.91 Å². The summed E-state index contributed by atoms with van der Waals surface area (Å²) in [6.07, 6.45) is 2.82. The molecular weight excluding hydrogens is 384 g/mol. The van der Waals surface area contributed by atoms with Gasteiger partial charge in [0, 0.05) is 26.1 Å². The molecule has 1 aromatic heterocycles. The first kappa shape index (κ1) is 20.4. The number of nitrogens with one attached hydrogen (secondary N) is 1. The molecule has 0 unspecified atom stereocenters. The van der Waals surface area contributed by atoms with Crippen LogP contribution in [0.2, 0.25) is 0 Å². The Labute approximate surface area is 164 Å². The normalized spacial score (nSPS) is 14.8. The molecule has 152 valence electrons. The zero-order chi connectivity index (χ0) is 20.0. The van der Waals surface area contributed by atoms with Crippen LogP contribution in [-0.4, -0.2) is 59.2 Å². The van der Waals surface area contributed by atoms with Crippen LogP contribution in [-0.2, 0) is 21.2 Å². The molecule has 9 heteroatoms. The van der Waals surface area contributed by atoms with E-state index in [0.717, 1.165) is 5.76 Å². The fraction of sp³-hybridized carbons (Fsp3) is 0.421. The van der Waals surface area contributed by atoms with Gasteiger partial charge in [0.2, 0.25) is 10.0 Å². The molecule has 0 spiro atoms.